The summed E-state index contributed by atoms with van der Waals surface area (Å²) in [7, 11) is 0. The number of rotatable bonds is 3. The van der Waals surface area contributed by atoms with Crippen molar-refractivity contribution >= 4 is 17.4 Å². The van der Waals surface area contributed by atoms with Gasteiger partial charge in [-0.2, -0.15) is 4.68 Å². The summed E-state index contributed by atoms with van der Waals surface area (Å²) in [5.41, 5.74) is 3.36. The van der Waals surface area contributed by atoms with Gasteiger partial charge in [-0.05, 0) is 35.5 Å². The Labute approximate surface area is 109 Å². The number of hydrogen-bond acceptors (Lipinski definition) is 3. The molecule has 1 aromatic carbocycles. The molecule has 1 aromatic heterocycles. The van der Waals surface area contributed by atoms with E-state index >= 15 is 0 Å². The van der Waals surface area contributed by atoms with Gasteiger partial charge >= 0.3 is 5.82 Å². The van der Waals surface area contributed by atoms with E-state index < -0.39 is 4.92 Å². The monoisotopic (exact) mass is 265 g/mol. The Morgan fingerprint density at radius 3 is 2.50 bits per heavy atom. The van der Waals surface area contributed by atoms with Crippen LogP contribution in [-0.2, 0) is 6.54 Å². The fourth-order valence-corrected chi connectivity index (χ4v) is 2.07. The van der Waals surface area contributed by atoms with Crippen molar-refractivity contribution in [1.29, 1.82) is 0 Å². The van der Waals surface area contributed by atoms with E-state index in [1.54, 1.807) is 0 Å². The summed E-state index contributed by atoms with van der Waals surface area (Å²) >= 11 is 5.76. The Morgan fingerprint density at radius 1 is 1.39 bits per heavy atom. The van der Waals surface area contributed by atoms with Gasteiger partial charge in [-0.3, -0.25) is 0 Å². The molecular formula is C12H12ClN3O2. The van der Waals surface area contributed by atoms with Crippen LogP contribution in [0.1, 0.15) is 16.7 Å². The third kappa shape index (κ3) is 2.36. The first-order chi connectivity index (χ1) is 8.49. The molecule has 0 aliphatic heterocycles. The van der Waals surface area contributed by atoms with Crippen LogP contribution in [0.2, 0.25) is 5.02 Å². The van der Waals surface area contributed by atoms with Crippen molar-refractivity contribution in [2.24, 2.45) is 0 Å². The highest BCUT2D eigenvalue weighted by Crippen LogP contribution is 2.23. The molecule has 0 spiro atoms. The summed E-state index contributed by atoms with van der Waals surface area (Å²) in [5.74, 6) is -0.303. The second-order valence-electron chi connectivity index (χ2n) is 4.13. The Balaban J connectivity index is 2.35. The van der Waals surface area contributed by atoms with Crippen molar-refractivity contribution in [2.45, 2.75) is 20.4 Å². The van der Waals surface area contributed by atoms with Crippen molar-refractivity contribution in [1.82, 2.24) is 9.78 Å². The number of aromatic nitrogens is 2. The molecular weight excluding hydrogens is 254 g/mol. The van der Waals surface area contributed by atoms with Gasteiger partial charge in [0.05, 0.1) is 17.8 Å². The van der Waals surface area contributed by atoms with Crippen LogP contribution in [0.3, 0.4) is 0 Å². The highest BCUT2D eigenvalue weighted by atomic mass is 35.5. The lowest BCUT2D eigenvalue weighted by atomic mass is 10.0. The van der Waals surface area contributed by atoms with Crippen LogP contribution in [0, 0.1) is 24.0 Å². The summed E-state index contributed by atoms with van der Waals surface area (Å²) in [6.45, 7) is 4.48. The second-order valence-corrected chi connectivity index (χ2v) is 4.53. The first-order valence-electron chi connectivity index (χ1n) is 5.41. The van der Waals surface area contributed by atoms with Gasteiger partial charge in [0.1, 0.15) is 0 Å². The first-order valence-corrected chi connectivity index (χ1v) is 5.79. The van der Waals surface area contributed by atoms with E-state index in [0.29, 0.717) is 6.54 Å². The number of aryl methyl sites for hydroxylation is 2. The van der Waals surface area contributed by atoms with Gasteiger partial charge in [0.2, 0.25) is 0 Å². The van der Waals surface area contributed by atoms with Gasteiger partial charge in [-0.15, -0.1) is 0 Å². The first kappa shape index (κ1) is 12.6. The van der Waals surface area contributed by atoms with Crippen LogP contribution in [0.4, 0.5) is 5.82 Å². The molecule has 0 saturated carbocycles. The Bertz CT molecular complexity index is 587. The van der Waals surface area contributed by atoms with Crippen LogP contribution in [0.5, 0.6) is 0 Å². The maximum absolute atomic E-state index is 10.7. The number of nitrogens with zero attached hydrogens (tertiary/aromatic N) is 3. The Kier molecular flexibility index (Phi) is 3.34. The quantitative estimate of drug-likeness (QED) is 0.633. The minimum atomic E-state index is -0.580. The van der Waals surface area contributed by atoms with Gasteiger partial charge in [0.15, 0.2) is 5.02 Å². The van der Waals surface area contributed by atoms with Crippen molar-refractivity contribution in [3.63, 3.8) is 0 Å². The molecule has 0 radical (unpaired) electrons. The molecule has 1 heterocycles. The summed E-state index contributed by atoms with van der Waals surface area (Å²) in [6, 6.07) is 5.98. The Morgan fingerprint density at radius 2 is 2.00 bits per heavy atom. The van der Waals surface area contributed by atoms with Crippen LogP contribution < -0.4 is 0 Å². The lowest BCUT2D eigenvalue weighted by molar-refractivity contribution is -0.389. The molecule has 5 nitrogen and oxygen atoms in total. The van der Waals surface area contributed by atoms with E-state index in [0.717, 1.165) is 16.7 Å². The summed E-state index contributed by atoms with van der Waals surface area (Å²) in [5, 5.41) is 14.6. The van der Waals surface area contributed by atoms with Crippen molar-refractivity contribution in [3.05, 3.63) is 56.2 Å². The van der Waals surface area contributed by atoms with Crippen molar-refractivity contribution in [2.75, 3.05) is 0 Å². The van der Waals surface area contributed by atoms with E-state index in [2.05, 4.69) is 5.10 Å². The zero-order valence-corrected chi connectivity index (χ0v) is 10.8. The molecule has 0 saturated heterocycles. The molecule has 0 unspecified atom stereocenters. The summed E-state index contributed by atoms with van der Waals surface area (Å²) in [6.07, 6.45) is 1.48. The number of hydrogen-bond donors (Lipinski definition) is 0. The minimum Gasteiger partial charge on any atom is -0.358 e. The lowest BCUT2D eigenvalue weighted by Crippen LogP contribution is -2.04. The fourth-order valence-electron chi connectivity index (χ4n) is 1.85. The fraction of sp³-hybridized carbons (Fsp3) is 0.250. The highest BCUT2D eigenvalue weighted by Gasteiger charge is 2.19. The standard InChI is InChI=1S/C12H12ClN3O2/c1-8-4-3-5-9(2)10(8)6-15-7-11(13)12(14-15)16(17)18/h3-5,7H,6H2,1-2H3. The average molecular weight is 266 g/mol. The van der Waals surface area contributed by atoms with E-state index in [9.17, 15) is 10.1 Å². The van der Waals surface area contributed by atoms with Crippen LogP contribution in [0.15, 0.2) is 24.4 Å². The largest absolute Gasteiger partial charge is 0.408 e. The molecule has 94 valence electrons. The maximum atomic E-state index is 10.7. The number of halogens is 1. The predicted octanol–water partition coefficient (Wildman–Crippen LogP) is 3.11. The molecule has 0 bridgehead atoms. The zero-order valence-electron chi connectivity index (χ0n) is 10.1. The van der Waals surface area contributed by atoms with Gasteiger partial charge < -0.3 is 10.1 Å². The van der Waals surface area contributed by atoms with Gasteiger partial charge in [0.25, 0.3) is 0 Å². The second kappa shape index (κ2) is 4.78. The topological polar surface area (TPSA) is 61.0 Å². The van der Waals surface area contributed by atoms with Crippen molar-refractivity contribution < 1.29 is 4.92 Å². The highest BCUT2D eigenvalue weighted by molar-refractivity contribution is 6.32. The van der Waals surface area contributed by atoms with Gasteiger partial charge in [-0.1, -0.05) is 29.8 Å². The minimum absolute atomic E-state index is 0.0613. The molecule has 0 fully saturated rings. The third-order valence-electron chi connectivity index (χ3n) is 2.84. The smallest absolute Gasteiger partial charge is 0.358 e. The third-order valence-corrected chi connectivity index (χ3v) is 3.10. The molecule has 2 aromatic rings. The van der Waals surface area contributed by atoms with Crippen molar-refractivity contribution in [3.8, 4) is 0 Å². The predicted molar refractivity (Wildman–Crippen MR) is 68.9 cm³/mol. The molecule has 18 heavy (non-hydrogen) atoms. The molecule has 0 aliphatic rings. The zero-order chi connectivity index (χ0) is 13.3. The molecule has 0 aliphatic carbocycles. The molecule has 0 N–H and O–H groups in total. The summed E-state index contributed by atoms with van der Waals surface area (Å²) < 4.78 is 1.50. The van der Waals surface area contributed by atoms with Gasteiger partial charge in [0, 0.05) is 0 Å². The Hall–Kier alpha value is -1.88. The average Bonchev–Trinajstić information content (AvgIpc) is 2.65. The SMILES string of the molecule is Cc1cccc(C)c1Cn1cc(Cl)c([N+](=O)[O-])n1. The molecule has 6 heteroatoms. The number of benzene rings is 1. The van der Waals surface area contributed by atoms with E-state index in [1.807, 2.05) is 32.0 Å². The van der Waals surface area contributed by atoms with Crippen LogP contribution in [-0.4, -0.2) is 14.7 Å². The maximum Gasteiger partial charge on any atom is 0.408 e. The van der Waals surface area contributed by atoms with E-state index in [1.165, 1.54) is 10.9 Å². The normalized spacial score (nSPS) is 10.6. The molecule has 0 atom stereocenters. The summed E-state index contributed by atoms with van der Waals surface area (Å²) in [4.78, 5) is 10.1. The van der Waals surface area contributed by atoms with E-state index in [-0.39, 0.29) is 10.8 Å². The van der Waals surface area contributed by atoms with Crippen LogP contribution in [0.25, 0.3) is 0 Å². The number of nitro groups is 1. The molecule has 2 rings (SSSR count). The molecule has 0 amide bonds. The van der Waals surface area contributed by atoms with Crippen LogP contribution >= 0.6 is 11.6 Å². The van der Waals surface area contributed by atoms with Gasteiger partial charge in [-0.25, -0.2) is 0 Å². The van der Waals surface area contributed by atoms with E-state index in [4.69, 9.17) is 11.6 Å². The lowest BCUT2D eigenvalue weighted by Gasteiger charge is -2.07.